The number of hydrogen-bond acceptors (Lipinski definition) is 8. The molecule has 55 heavy (non-hydrogen) atoms. The Morgan fingerprint density at radius 1 is 0.618 bits per heavy atom. The third-order valence-electron chi connectivity index (χ3n) is 10.7. The number of fused-ring (bicyclic) bond motifs is 3. The van der Waals surface area contributed by atoms with Crippen molar-refractivity contribution in [1.29, 1.82) is 0 Å². The van der Waals surface area contributed by atoms with Crippen molar-refractivity contribution in [3.8, 4) is 33.4 Å². The lowest BCUT2D eigenvalue weighted by molar-refractivity contribution is -0.0500. The highest BCUT2D eigenvalue weighted by Crippen LogP contribution is 2.36. The fourth-order valence-corrected chi connectivity index (χ4v) is 8.36. The van der Waals surface area contributed by atoms with Crippen molar-refractivity contribution in [2.45, 2.75) is 29.6 Å². The summed E-state index contributed by atoms with van der Waals surface area (Å²) in [4.78, 5) is 9.26. The number of rotatable bonds is 6. The van der Waals surface area contributed by atoms with E-state index in [-0.39, 0.29) is 15.7 Å². The number of nitrogens with two attached hydrogens (primary N) is 1. The lowest BCUT2D eigenvalue weighted by atomic mass is 9.80. The molecule has 2 aliphatic heterocycles. The highest BCUT2D eigenvalue weighted by molar-refractivity contribution is 9.10. The van der Waals surface area contributed by atoms with Gasteiger partial charge in [0, 0.05) is 57.7 Å². The number of ether oxygens (including phenoxy) is 2. The minimum atomic E-state index is -3.85. The molecule has 0 radical (unpaired) electrons. The molecule has 2 aliphatic rings. The van der Waals surface area contributed by atoms with Crippen molar-refractivity contribution in [3.63, 3.8) is 0 Å². The van der Waals surface area contributed by atoms with E-state index in [1.54, 1.807) is 45.7 Å². The average molecular weight is 815 g/mol. The predicted octanol–water partition coefficient (Wildman–Crippen LogP) is 7.60. The van der Waals surface area contributed by atoms with Gasteiger partial charge in [-0.05, 0) is 55.2 Å². The minimum absolute atomic E-state index is 0.0964. The van der Waals surface area contributed by atoms with Crippen LogP contribution in [0.25, 0.3) is 55.4 Å². The smallest absolute Gasteiger partial charge is 0.238 e. The molecule has 2 saturated heterocycles. The van der Waals surface area contributed by atoms with Crippen LogP contribution in [0.15, 0.2) is 131 Å². The lowest BCUT2D eigenvalue weighted by Gasteiger charge is -2.38. The Bertz CT molecular complexity index is 2850. The summed E-state index contributed by atoms with van der Waals surface area (Å²) in [6, 6.07) is 27.8. The molecule has 6 heterocycles. The SMILES string of the molecule is CC1(c2ccc(-c3cnc4c(-c5ccc(S(N)(=O)=O)c6ccccc56)cnn4c3)cc2)COC1.CC1(c2ccc(-c3cnc4c(Br)cnn4c3)cc2)COC1. The first-order valence-corrected chi connectivity index (χ1v) is 20.1. The molecule has 2 N–H and O–H groups in total. The minimum Gasteiger partial charge on any atom is -0.379 e. The molecule has 10 rings (SSSR count). The van der Waals surface area contributed by atoms with E-state index in [9.17, 15) is 8.42 Å². The number of primary sulfonamides is 1. The lowest BCUT2D eigenvalue weighted by Crippen LogP contribution is -2.43. The molecule has 11 nitrogen and oxygen atoms in total. The molecule has 0 bridgehead atoms. The van der Waals surface area contributed by atoms with E-state index in [4.69, 9.17) is 19.6 Å². The summed E-state index contributed by atoms with van der Waals surface area (Å²) >= 11 is 3.44. The van der Waals surface area contributed by atoms with E-state index in [2.05, 4.69) is 93.5 Å². The van der Waals surface area contributed by atoms with E-state index in [0.717, 1.165) is 75.3 Å². The number of nitrogens with zero attached hydrogens (tertiary/aromatic N) is 6. The third kappa shape index (κ3) is 6.41. The van der Waals surface area contributed by atoms with Gasteiger partial charge in [0.15, 0.2) is 11.3 Å². The zero-order chi connectivity index (χ0) is 38.0. The molecule has 0 unspecified atom stereocenters. The molecule has 0 atom stereocenters. The van der Waals surface area contributed by atoms with Gasteiger partial charge in [-0.15, -0.1) is 0 Å². The Morgan fingerprint density at radius 2 is 1.13 bits per heavy atom. The van der Waals surface area contributed by atoms with Crippen molar-refractivity contribution in [2.75, 3.05) is 26.4 Å². The van der Waals surface area contributed by atoms with Crippen LogP contribution in [0.3, 0.4) is 0 Å². The molecular formula is C42H36BrN7O4S. The van der Waals surface area contributed by atoms with Crippen molar-refractivity contribution in [2.24, 2.45) is 5.14 Å². The molecule has 2 fully saturated rings. The number of halogens is 1. The standard InChI is InChI=1S/C26H22N4O3S.C16H14BrN3O/c1-26(15-33-16-26)19-8-6-17(7-9-19)18-12-28-25-23(13-29-30(25)14-18)21-10-11-24(34(27,31)32)22-5-3-2-4-20(21)22;1-16(9-21-10-16)13-4-2-11(3-5-13)12-6-18-15-14(17)7-19-20(15)8-12/h2-14H,15-16H2,1H3,(H2,27,31,32);2-8H,9-10H2,1H3. The van der Waals surface area contributed by atoms with Crippen LogP contribution in [0, 0.1) is 0 Å². The number of hydrogen-bond donors (Lipinski definition) is 1. The van der Waals surface area contributed by atoms with E-state index in [1.807, 2.05) is 36.9 Å². The van der Waals surface area contributed by atoms with Gasteiger partial charge in [-0.2, -0.15) is 10.2 Å². The van der Waals surface area contributed by atoms with E-state index < -0.39 is 10.0 Å². The molecule has 0 amide bonds. The maximum absolute atomic E-state index is 12.1. The first-order chi connectivity index (χ1) is 26.5. The van der Waals surface area contributed by atoms with E-state index >= 15 is 0 Å². The molecule has 0 saturated carbocycles. The van der Waals surface area contributed by atoms with Gasteiger partial charge in [-0.1, -0.05) is 92.7 Å². The largest absolute Gasteiger partial charge is 0.379 e. The Balaban J connectivity index is 0.000000161. The normalized spacial score (nSPS) is 16.0. The Kier molecular flexibility index (Phi) is 8.66. The van der Waals surface area contributed by atoms with Crippen LogP contribution in [0.4, 0.5) is 0 Å². The molecule has 0 spiro atoms. The molecule has 4 aromatic heterocycles. The summed E-state index contributed by atoms with van der Waals surface area (Å²) in [5, 5.41) is 15.6. The number of sulfonamides is 1. The second kappa shape index (κ2) is 13.5. The van der Waals surface area contributed by atoms with Crippen LogP contribution in [0.1, 0.15) is 25.0 Å². The topological polar surface area (TPSA) is 139 Å². The van der Waals surface area contributed by atoms with Gasteiger partial charge < -0.3 is 9.47 Å². The van der Waals surface area contributed by atoms with Gasteiger partial charge in [-0.3, -0.25) is 0 Å². The molecule has 4 aromatic carbocycles. The maximum atomic E-state index is 12.1. The van der Waals surface area contributed by atoms with Crippen molar-refractivity contribution in [3.05, 3.63) is 138 Å². The summed E-state index contributed by atoms with van der Waals surface area (Å²) in [6.07, 6.45) is 11.2. The summed E-state index contributed by atoms with van der Waals surface area (Å²) in [7, 11) is -3.85. The second-order valence-electron chi connectivity index (χ2n) is 14.7. The second-order valence-corrected chi connectivity index (χ2v) is 17.1. The Labute approximate surface area is 326 Å². The first kappa shape index (κ1) is 35.4. The van der Waals surface area contributed by atoms with E-state index in [0.29, 0.717) is 11.0 Å². The first-order valence-electron chi connectivity index (χ1n) is 17.7. The highest BCUT2D eigenvalue weighted by atomic mass is 79.9. The Hall–Kier alpha value is -5.31. The summed E-state index contributed by atoms with van der Waals surface area (Å²) in [5.74, 6) is 0. The van der Waals surface area contributed by atoms with Crippen LogP contribution >= 0.6 is 15.9 Å². The summed E-state index contributed by atoms with van der Waals surface area (Å²) in [5.41, 5.74) is 10.3. The predicted molar refractivity (Wildman–Crippen MR) is 215 cm³/mol. The molecule has 13 heteroatoms. The van der Waals surface area contributed by atoms with Crippen LogP contribution in [0.2, 0.25) is 0 Å². The quantitative estimate of drug-likeness (QED) is 0.181. The third-order valence-corrected chi connectivity index (χ3v) is 12.2. The van der Waals surface area contributed by atoms with Gasteiger partial charge in [0.2, 0.25) is 10.0 Å². The van der Waals surface area contributed by atoms with Crippen LogP contribution in [0.5, 0.6) is 0 Å². The zero-order valence-electron chi connectivity index (χ0n) is 30.1. The fraction of sp³-hybridized carbons (Fsp3) is 0.190. The Morgan fingerprint density at radius 3 is 1.65 bits per heavy atom. The van der Waals surface area contributed by atoms with Gasteiger partial charge in [0.05, 0.1) is 48.2 Å². The number of benzene rings is 4. The molecule has 276 valence electrons. The van der Waals surface area contributed by atoms with Crippen molar-refractivity contribution < 1.29 is 17.9 Å². The van der Waals surface area contributed by atoms with Crippen molar-refractivity contribution >= 4 is 48.0 Å². The summed E-state index contributed by atoms with van der Waals surface area (Å²) < 4.78 is 39.3. The van der Waals surface area contributed by atoms with Gasteiger partial charge in [0.1, 0.15) is 0 Å². The van der Waals surface area contributed by atoms with Crippen LogP contribution in [-0.4, -0.2) is 64.0 Å². The van der Waals surface area contributed by atoms with Crippen LogP contribution < -0.4 is 5.14 Å². The zero-order valence-corrected chi connectivity index (χ0v) is 32.5. The summed E-state index contributed by atoms with van der Waals surface area (Å²) in [6.45, 7) is 7.57. The highest BCUT2D eigenvalue weighted by Gasteiger charge is 2.36. The molecular weight excluding hydrogens is 778 g/mol. The van der Waals surface area contributed by atoms with Gasteiger partial charge in [0.25, 0.3) is 0 Å². The van der Waals surface area contributed by atoms with E-state index in [1.165, 1.54) is 11.1 Å². The van der Waals surface area contributed by atoms with Crippen molar-refractivity contribution in [1.82, 2.24) is 29.2 Å². The molecule has 8 aromatic rings. The van der Waals surface area contributed by atoms with Gasteiger partial charge in [-0.25, -0.2) is 32.6 Å². The fourth-order valence-electron chi connectivity index (χ4n) is 7.24. The van der Waals surface area contributed by atoms with Crippen LogP contribution in [-0.2, 0) is 30.3 Å². The van der Waals surface area contributed by atoms with Gasteiger partial charge >= 0.3 is 0 Å². The molecule has 0 aliphatic carbocycles. The average Bonchev–Trinajstić information content (AvgIpc) is 3.78. The monoisotopic (exact) mass is 813 g/mol. The number of aromatic nitrogens is 6. The maximum Gasteiger partial charge on any atom is 0.238 e.